The van der Waals surface area contributed by atoms with Crippen LogP contribution < -0.4 is 0 Å². The van der Waals surface area contributed by atoms with Gasteiger partial charge in [0.15, 0.2) is 16.6 Å². The van der Waals surface area contributed by atoms with Crippen molar-refractivity contribution < 1.29 is 8.85 Å². The summed E-state index contributed by atoms with van der Waals surface area (Å²) < 4.78 is 12.3. The quantitative estimate of drug-likeness (QED) is 0.174. The molecule has 0 radical (unpaired) electrons. The van der Waals surface area contributed by atoms with E-state index in [0.717, 1.165) is 17.8 Å². The Morgan fingerprint density at radius 3 is 2.27 bits per heavy atom. The lowest BCUT2D eigenvalue weighted by Crippen LogP contribution is -2.40. The molecule has 0 saturated heterocycles. The van der Waals surface area contributed by atoms with Crippen molar-refractivity contribution in [1.82, 2.24) is 0 Å². The fourth-order valence-corrected chi connectivity index (χ4v) is 3.89. The fourth-order valence-electron chi connectivity index (χ4n) is 1.46. The maximum Gasteiger partial charge on any atom is 0.198 e. The monoisotopic (exact) mass is 404 g/mol. The van der Waals surface area contributed by atoms with E-state index in [1.54, 1.807) is 0 Å². The Morgan fingerprint density at radius 2 is 1.82 bits per heavy atom. The van der Waals surface area contributed by atoms with Crippen LogP contribution in [0, 0.1) is 11.8 Å². The van der Waals surface area contributed by atoms with Gasteiger partial charge in [-0.15, -0.1) is 6.58 Å². The van der Waals surface area contributed by atoms with Crippen molar-refractivity contribution in [1.29, 1.82) is 0 Å². The Balaban J connectivity index is 4.44. The number of rotatable bonds is 8. The molecule has 5 heteroatoms. The van der Waals surface area contributed by atoms with Gasteiger partial charge in [-0.05, 0) is 31.2 Å². The van der Waals surface area contributed by atoms with Crippen molar-refractivity contribution in [2.75, 3.05) is 11.6 Å². The van der Waals surface area contributed by atoms with Crippen molar-refractivity contribution in [2.24, 2.45) is 0 Å². The van der Waals surface area contributed by atoms with Gasteiger partial charge in [-0.2, -0.15) is 0 Å². The van der Waals surface area contributed by atoms with Gasteiger partial charge in [0.25, 0.3) is 0 Å². The summed E-state index contributed by atoms with van der Waals surface area (Å²) in [6, 6.07) is 0. The third kappa shape index (κ3) is 8.68. The summed E-state index contributed by atoms with van der Waals surface area (Å²) >= 11 is 3.53. The van der Waals surface area contributed by atoms with Crippen molar-refractivity contribution in [2.45, 2.75) is 70.9 Å². The minimum atomic E-state index is -1.66. The van der Waals surface area contributed by atoms with Gasteiger partial charge in [-0.1, -0.05) is 54.6 Å². The molecule has 0 saturated carbocycles. The van der Waals surface area contributed by atoms with Crippen molar-refractivity contribution in [3.63, 3.8) is 0 Å². The van der Waals surface area contributed by atoms with Crippen LogP contribution in [0.15, 0.2) is 12.7 Å². The first-order valence-corrected chi connectivity index (χ1v) is 15.1. The van der Waals surface area contributed by atoms with Gasteiger partial charge in [0.05, 0.1) is 0 Å². The molecule has 128 valence electrons. The van der Waals surface area contributed by atoms with Crippen molar-refractivity contribution in [3.05, 3.63) is 12.7 Å². The summed E-state index contributed by atoms with van der Waals surface area (Å²) in [6.07, 6.45) is 3.38. The van der Waals surface area contributed by atoms with E-state index in [9.17, 15) is 0 Å². The van der Waals surface area contributed by atoms with Crippen LogP contribution in [-0.4, -0.2) is 34.3 Å². The van der Waals surface area contributed by atoms with E-state index >= 15 is 0 Å². The highest BCUT2D eigenvalue weighted by Crippen LogP contribution is 2.36. The average Bonchev–Trinajstić information content (AvgIpc) is 2.36. The lowest BCUT2D eigenvalue weighted by atomic mass is 10.2. The highest BCUT2D eigenvalue weighted by Gasteiger charge is 2.36. The molecule has 0 N–H and O–H groups in total. The molecule has 0 aromatic heterocycles. The molecule has 22 heavy (non-hydrogen) atoms. The smallest absolute Gasteiger partial charge is 0.198 e. The van der Waals surface area contributed by atoms with Crippen LogP contribution in [0.4, 0.5) is 0 Å². The molecule has 0 aromatic carbocycles. The van der Waals surface area contributed by atoms with Crippen LogP contribution in [0.3, 0.4) is 0 Å². The predicted octanol–water partition coefficient (Wildman–Crippen LogP) is 5.50. The average molecular weight is 406 g/mol. The third-order valence-electron chi connectivity index (χ3n) is 3.92. The zero-order valence-corrected chi connectivity index (χ0v) is 19.0. The molecule has 0 heterocycles. The van der Waals surface area contributed by atoms with E-state index in [4.69, 9.17) is 8.85 Å². The Bertz CT molecular complexity index is 403. The summed E-state index contributed by atoms with van der Waals surface area (Å²) in [6.45, 7) is 20.2. The largest absolute Gasteiger partial charge is 0.416 e. The molecule has 1 atom stereocenters. The Morgan fingerprint density at radius 1 is 1.23 bits per heavy atom. The van der Waals surface area contributed by atoms with Gasteiger partial charge in [0, 0.05) is 24.4 Å². The second-order valence-electron chi connectivity index (χ2n) is 7.70. The first kappa shape index (κ1) is 22.1. The number of hydrogen-bond donors (Lipinski definition) is 0. The predicted molar refractivity (Wildman–Crippen MR) is 107 cm³/mol. The van der Waals surface area contributed by atoms with Crippen molar-refractivity contribution in [3.8, 4) is 11.8 Å². The molecule has 1 unspecified atom stereocenters. The molecule has 0 aromatic rings. The van der Waals surface area contributed by atoms with Gasteiger partial charge in [-0.3, -0.25) is 0 Å². The molecule has 0 aliphatic heterocycles. The highest BCUT2D eigenvalue weighted by molar-refractivity contribution is 9.09. The first-order chi connectivity index (χ1) is 9.95. The molecule has 0 spiro atoms. The van der Waals surface area contributed by atoms with Crippen molar-refractivity contribution >= 4 is 32.6 Å². The molecular weight excluding hydrogens is 372 g/mol. The summed E-state index contributed by atoms with van der Waals surface area (Å²) in [5.74, 6) is 6.46. The summed E-state index contributed by atoms with van der Waals surface area (Å²) in [5.41, 5.74) is 0. The standard InChI is InChI=1S/C17H33BrO2Si2/c1-9-12-16(20-21(5,6)15-18)13-10-11-14-19-22(7,8)17(2,3)4/h9,16H,1,11-12,14-15H2,2-8H3. The van der Waals surface area contributed by atoms with Crippen LogP contribution in [0.2, 0.25) is 31.2 Å². The van der Waals surface area contributed by atoms with Gasteiger partial charge in [0.1, 0.15) is 6.10 Å². The summed E-state index contributed by atoms with van der Waals surface area (Å²) in [4.78, 5) is 0.920. The SMILES string of the molecule is C=CCC(C#CCCO[Si](C)(C)C(C)(C)C)O[Si](C)(C)CBr. The fraction of sp³-hybridized carbons (Fsp3) is 0.765. The summed E-state index contributed by atoms with van der Waals surface area (Å²) in [5, 5.41) is 0.250. The van der Waals surface area contributed by atoms with E-state index < -0.39 is 16.6 Å². The summed E-state index contributed by atoms with van der Waals surface area (Å²) in [7, 11) is -3.31. The molecule has 0 bridgehead atoms. The number of alkyl halides is 1. The first-order valence-electron chi connectivity index (χ1n) is 7.92. The Hall–Kier alpha value is 0.134. The van der Waals surface area contributed by atoms with Crippen LogP contribution in [0.1, 0.15) is 33.6 Å². The van der Waals surface area contributed by atoms with E-state index in [-0.39, 0.29) is 11.1 Å². The van der Waals surface area contributed by atoms with E-state index in [1.807, 2.05) is 6.08 Å². The molecular formula is C17H33BrO2Si2. The van der Waals surface area contributed by atoms with E-state index in [2.05, 4.69) is 81.3 Å². The maximum atomic E-state index is 6.14. The van der Waals surface area contributed by atoms with E-state index in [1.165, 1.54) is 0 Å². The van der Waals surface area contributed by atoms with Gasteiger partial charge in [0.2, 0.25) is 0 Å². The van der Waals surface area contributed by atoms with E-state index in [0.29, 0.717) is 6.61 Å². The Kier molecular flexibility index (Phi) is 9.49. The van der Waals surface area contributed by atoms with Crippen LogP contribution in [0.25, 0.3) is 0 Å². The number of hydrogen-bond acceptors (Lipinski definition) is 2. The Labute approximate surface area is 148 Å². The zero-order chi connectivity index (χ0) is 17.4. The van der Waals surface area contributed by atoms with Crippen LogP contribution in [0.5, 0.6) is 0 Å². The normalized spacial score (nSPS) is 14.2. The van der Waals surface area contributed by atoms with Crippen LogP contribution >= 0.6 is 15.9 Å². The molecule has 0 rings (SSSR count). The zero-order valence-electron chi connectivity index (χ0n) is 15.4. The topological polar surface area (TPSA) is 18.5 Å². The molecule has 0 fully saturated rings. The van der Waals surface area contributed by atoms with Crippen LogP contribution in [-0.2, 0) is 8.85 Å². The van der Waals surface area contributed by atoms with Gasteiger partial charge < -0.3 is 8.85 Å². The van der Waals surface area contributed by atoms with Gasteiger partial charge in [-0.25, -0.2) is 0 Å². The molecule has 0 aliphatic rings. The molecule has 0 amide bonds. The second kappa shape index (κ2) is 9.43. The third-order valence-corrected chi connectivity index (χ3v) is 14.1. The molecule has 2 nitrogen and oxygen atoms in total. The lowest BCUT2D eigenvalue weighted by Gasteiger charge is -2.35. The minimum Gasteiger partial charge on any atom is -0.416 e. The molecule has 0 aliphatic carbocycles. The highest BCUT2D eigenvalue weighted by atomic mass is 79.9. The lowest BCUT2D eigenvalue weighted by molar-refractivity contribution is 0.254. The second-order valence-corrected chi connectivity index (χ2v) is 18.2. The minimum absolute atomic E-state index is 0.0374. The van der Waals surface area contributed by atoms with Gasteiger partial charge >= 0.3 is 0 Å². The number of halogens is 1. The maximum absolute atomic E-state index is 6.14.